The molecule has 2 bridgehead atoms. The Labute approximate surface area is 297 Å². The average Bonchev–Trinajstić information content (AvgIpc) is 3.62. The molecular formula is C37H40F6N6O3. The third-order valence-electron chi connectivity index (χ3n) is 9.51. The van der Waals surface area contributed by atoms with Gasteiger partial charge in [0.25, 0.3) is 0 Å². The lowest BCUT2D eigenvalue weighted by molar-refractivity contribution is -0.143. The highest BCUT2D eigenvalue weighted by atomic mass is 19.4. The summed E-state index contributed by atoms with van der Waals surface area (Å²) in [6.45, 7) is 5.78. The van der Waals surface area contributed by atoms with Crippen LogP contribution in [0, 0.1) is 0 Å². The SMILES string of the molecule is CC(C)(C)OC(=O)NCCn1nnc(C2CC3(c4ccccc4)C(OCc4cc(C(F)(F)F)cc(C(F)(F)F)c4)CCC2N3Cc2ccccc2)n1. The first-order chi connectivity index (χ1) is 24.5. The standard InChI is InChI=1S/C37H40F6N6O3/c1-34(2,3)52-33(50)44-16-17-49-46-32(45-47-49)29-21-35(26-12-8-5-9-13-26)31(15-14-30(29)48(35)22-24-10-6-4-7-11-24)51-23-25-18-27(36(38,39)40)20-28(19-25)37(41,42)43/h4-13,18-20,29-31H,14-17,21-23H2,1-3H3,(H,44,50). The van der Waals surface area contributed by atoms with Gasteiger partial charge < -0.3 is 14.8 Å². The van der Waals surface area contributed by atoms with Crippen LogP contribution in [0.25, 0.3) is 0 Å². The Morgan fingerprint density at radius 3 is 2.13 bits per heavy atom. The monoisotopic (exact) mass is 730 g/mol. The number of carbonyl (C=O) groups is 1. The van der Waals surface area contributed by atoms with Crippen molar-refractivity contribution < 1.29 is 40.6 Å². The lowest BCUT2D eigenvalue weighted by Gasteiger charge is -2.50. The number of benzene rings is 3. The minimum absolute atomic E-state index is 0.0943. The Hall–Kier alpha value is -4.50. The van der Waals surface area contributed by atoms with Crippen molar-refractivity contribution in [1.82, 2.24) is 30.4 Å². The quantitative estimate of drug-likeness (QED) is 0.166. The molecule has 15 heteroatoms. The van der Waals surface area contributed by atoms with Crippen molar-refractivity contribution >= 4 is 6.09 Å². The van der Waals surface area contributed by atoms with Gasteiger partial charge in [0.05, 0.1) is 35.9 Å². The molecular weight excluding hydrogens is 690 g/mol. The highest BCUT2D eigenvalue weighted by Gasteiger charge is 2.61. The number of halogens is 6. The molecule has 0 radical (unpaired) electrons. The van der Waals surface area contributed by atoms with Gasteiger partial charge in [-0.15, -0.1) is 10.2 Å². The predicted molar refractivity (Wildman–Crippen MR) is 178 cm³/mol. The highest BCUT2D eigenvalue weighted by molar-refractivity contribution is 5.67. The summed E-state index contributed by atoms with van der Waals surface area (Å²) in [4.78, 5) is 15.9. The number of alkyl carbamates (subject to hydrolysis) is 1. The average molecular weight is 731 g/mol. The summed E-state index contributed by atoms with van der Waals surface area (Å²) in [6.07, 6.45) is -9.58. The Morgan fingerprint density at radius 2 is 1.52 bits per heavy atom. The van der Waals surface area contributed by atoms with Crippen LogP contribution in [0.1, 0.15) is 79.6 Å². The molecule has 2 aliphatic rings. The normalized spacial score (nSPS) is 22.4. The molecule has 2 fully saturated rings. The zero-order chi connectivity index (χ0) is 37.3. The Morgan fingerprint density at radius 1 is 0.885 bits per heavy atom. The van der Waals surface area contributed by atoms with Gasteiger partial charge in [-0.05, 0) is 80.1 Å². The smallest absolute Gasteiger partial charge is 0.416 e. The number of piperidine rings is 1. The number of amides is 1. The van der Waals surface area contributed by atoms with Gasteiger partial charge in [0.1, 0.15) is 5.60 Å². The summed E-state index contributed by atoms with van der Waals surface area (Å²) in [7, 11) is 0. The summed E-state index contributed by atoms with van der Waals surface area (Å²) in [5.74, 6) is 0.252. The van der Waals surface area contributed by atoms with Crippen molar-refractivity contribution in [2.75, 3.05) is 6.54 Å². The number of hydrogen-bond donors (Lipinski definition) is 1. The zero-order valence-electron chi connectivity index (χ0n) is 28.9. The van der Waals surface area contributed by atoms with E-state index < -0.39 is 53.4 Å². The van der Waals surface area contributed by atoms with Crippen LogP contribution in [0.4, 0.5) is 31.1 Å². The molecule has 4 aromatic rings. The largest absolute Gasteiger partial charge is 0.444 e. The summed E-state index contributed by atoms with van der Waals surface area (Å²) < 4.78 is 94.0. The van der Waals surface area contributed by atoms with Crippen LogP contribution in [0.2, 0.25) is 0 Å². The van der Waals surface area contributed by atoms with Crippen molar-refractivity contribution in [3.8, 4) is 0 Å². The summed E-state index contributed by atoms with van der Waals surface area (Å²) in [5, 5.41) is 16.1. The van der Waals surface area contributed by atoms with E-state index in [1.54, 1.807) is 20.8 Å². The summed E-state index contributed by atoms with van der Waals surface area (Å²) in [5.41, 5.74) is -2.56. The lowest BCUT2D eigenvalue weighted by atomic mass is 9.78. The minimum atomic E-state index is -4.97. The molecule has 1 aromatic heterocycles. The van der Waals surface area contributed by atoms with Crippen LogP contribution < -0.4 is 5.32 Å². The van der Waals surface area contributed by atoms with E-state index in [9.17, 15) is 31.1 Å². The number of ether oxygens (including phenoxy) is 2. The number of aromatic nitrogens is 4. The minimum Gasteiger partial charge on any atom is -0.444 e. The second-order valence-corrected chi connectivity index (χ2v) is 14.2. The van der Waals surface area contributed by atoms with Crippen LogP contribution in [0.5, 0.6) is 0 Å². The van der Waals surface area contributed by atoms with Gasteiger partial charge in [-0.1, -0.05) is 60.7 Å². The molecule has 1 N–H and O–H groups in total. The number of nitrogens with one attached hydrogen (secondary N) is 1. The van der Waals surface area contributed by atoms with E-state index in [1.807, 2.05) is 60.7 Å². The van der Waals surface area contributed by atoms with E-state index in [0.717, 1.165) is 23.3 Å². The molecule has 52 heavy (non-hydrogen) atoms. The van der Waals surface area contributed by atoms with Gasteiger partial charge in [-0.2, -0.15) is 31.1 Å². The van der Waals surface area contributed by atoms with Gasteiger partial charge in [-0.25, -0.2) is 4.79 Å². The fourth-order valence-electron chi connectivity index (χ4n) is 7.43. The third kappa shape index (κ3) is 8.25. The molecule has 3 heterocycles. The molecule has 1 amide bonds. The van der Waals surface area contributed by atoms with Gasteiger partial charge in [0.2, 0.25) is 0 Å². The van der Waals surface area contributed by atoms with E-state index in [0.29, 0.717) is 31.6 Å². The number of fused-ring (bicyclic) bond motifs is 2. The lowest BCUT2D eigenvalue weighted by Crippen LogP contribution is -2.56. The van der Waals surface area contributed by atoms with E-state index in [2.05, 4.69) is 20.5 Å². The van der Waals surface area contributed by atoms with Crippen LogP contribution in [-0.4, -0.2) is 55.5 Å². The number of alkyl halides is 6. The fraction of sp³-hybridized carbons (Fsp3) is 0.459. The number of rotatable bonds is 10. The second kappa shape index (κ2) is 14.5. The maximum atomic E-state index is 13.7. The molecule has 4 unspecified atom stereocenters. The van der Waals surface area contributed by atoms with Crippen molar-refractivity contribution in [1.29, 1.82) is 0 Å². The van der Waals surface area contributed by atoms with Crippen molar-refractivity contribution in [2.45, 2.75) is 101 Å². The molecule has 0 aliphatic carbocycles. The molecule has 0 spiro atoms. The Kier molecular flexibility index (Phi) is 10.4. The molecule has 3 aromatic carbocycles. The van der Waals surface area contributed by atoms with Crippen LogP contribution in [0.3, 0.4) is 0 Å². The summed E-state index contributed by atoms with van der Waals surface area (Å²) >= 11 is 0. The molecule has 278 valence electrons. The first kappa shape index (κ1) is 37.3. The van der Waals surface area contributed by atoms with E-state index in [-0.39, 0.29) is 36.7 Å². The highest BCUT2D eigenvalue weighted by Crippen LogP contribution is 2.57. The third-order valence-corrected chi connectivity index (χ3v) is 9.51. The summed E-state index contributed by atoms with van der Waals surface area (Å²) in [6, 6.07) is 20.9. The van der Waals surface area contributed by atoms with Crippen molar-refractivity contribution in [3.05, 3.63) is 113 Å². The first-order valence-corrected chi connectivity index (χ1v) is 17.0. The van der Waals surface area contributed by atoms with Gasteiger partial charge in [-0.3, -0.25) is 4.90 Å². The molecule has 2 saturated heterocycles. The second-order valence-electron chi connectivity index (χ2n) is 14.2. The number of nitrogens with zero attached hydrogens (tertiary/aromatic N) is 5. The Balaban J connectivity index is 1.32. The van der Waals surface area contributed by atoms with Crippen molar-refractivity contribution in [2.24, 2.45) is 0 Å². The number of tetrazole rings is 1. The van der Waals surface area contributed by atoms with Gasteiger partial charge in [0, 0.05) is 25.0 Å². The van der Waals surface area contributed by atoms with E-state index in [4.69, 9.17) is 14.6 Å². The molecule has 9 nitrogen and oxygen atoms in total. The fourth-order valence-corrected chi connectivity index (χ4v) is 7.43. The predicted octanol–water partition coefficient (Wildman–Crippen LogP) is 7.87. The number of hydrogen-bond acceptors (Lipinski definition) is 7. The molecule has 0 saturated carbocycles. The van der Waals surface area contributed by atoms with E-state index >= 15 is 0 Å². The molecule has 4 atom stereocenters. The molecule has 6 rings (SSSR count). The van der Waals surface area contributed by atoms with E-state index in [1.165, 1.54) is 4.80 Å². The van der Waals surface area contributed by atoms with Crippen LogP contribution in [-0.2, 0) is 47.1 Å². The van der Waals surface area contributed by atoms with Gasteiger partial charge >= 0.3 is 18.4 Å². The topological polar surface area (TPSA) is 94.4 Å². The maximum absolute atomic E-state index is 13.7. The van der Waals surface area contributed by atoms with Crippen LogP contribution in [0.15, 0.2) is 78.9 Å². The van der Waals surface area contributed by atoms with Crippen LogP contribution >= 0.6 is 0 Å². The first-order valence-electron chi connectivity index (χ1n) is 17.0. The van der Waals surface area contributed by atoms with Gasteiger partial charge in [0.15, 0.2) is 5.82 Å². The molecule has 2 aliphatic heterocycles. The maximum Gasteiger partial charge on any atom is 0.416 e. The Bertz CT molecular complexity index is 1800. The number of carbonyl (C=O) groups excluding carboxylic acids is 1. The van der Waals surface area contributed by atoms with Crippen molar-refractivity contribution in [3.63, 3.8) is 0 Å². The zero-order valence-corrected chi connectivity index (χ0v) is 28.9.